The summed E-state index contributed by atoms with van der Waals surface area (Å²) in [6.45, 7) is 0. The minimum atomic E-state index is -4.00. The van der Waals surface area contributed by atoms with Crippen LogP contribution in [0.2, 0.25) is 0 Å². The second kappa shape index (κ2) is 7.43. The van der Waals surface area contributed by atoms with Gasteiger partial charge in [0, 0.05) is 47.1 Å². The molecule has 2 aromatic carbocycles. The zero-order valence-corrected chi connectivity index (χ0v) is 17.6. The van der Waals surface area contributed by atoms with Gasteiger partial charge in [0.25, 0.3) is 15.7 Å². The first-order valence-electron chi connectivity index (χ1n) is 9.03. The number of hydrogen-bond acceptors (Lipinski definition) is 7. The number of nitro groups is 1. The topological polar surface area (TPSA) is 126 Å². The number of nitrogens with zero attached hydrogens (tertiary/aromatic N) is 3. The average Bonchev–Trinajstić information content (AvgIpc) is 3.05. The molecule has 2 aromatic heterocycles. The Morgan fingerprint density at radius 3 is 2.32 bits per heavy atom. The molecule has 0 aliphatic carbocycles. The Hall–Kier alpha value is -3.86. The van der Waals surface area contributed by atoms with E-state index in [4.69, 9.17) is 9.47 Å². The first-order valence-corrected chi connectivity index (χ1v) is 10.5. The Morgan fingerprint density at radius 1 is 1.00 bits per heavy atom. The summed E-state index contributed by atoms with van der Waals surface area (Å²) >= 11 is 0. The summed E-state index contributed by atoms with van der Waals surface area (Å²) in [5.74, 6) is 0.336. The van der Waals surface area contributed by atoms with Gasteiger partial charge < -0.3 is 14.0 Å². The van der Waals surface area contributed by atoms with Crippen LogP contribution in [0.1, 0.15) is 0 Å². The maximum absolute atomic E-state index is 13.0. The van der Waals surface area contributed by atoms with Crippen LogP contribution in [0.4, 0.5) is 11.4 Å². The van der Waals surface area contributed by atoms with Crippen LogP contribution < -0.4 is 14.2 Å². The molecular formula is C20H18N4O6S. The van der Waals surface area contributed by atoms with E-state index in [1.165, 1.54) is 50.6 Å². The number of fused-ring (bicyclic) bond motifs is 3. The zero-order valence-electron chi connectivity index (χ0n) is 16.8. The van der Waals surface area contributed by atoms with Crippen LogP contribution >= 0.6 is 0 Å². The molecule has 0 radical (unpaired) electrons. The fourth-order valence-electron chi connectivity index (χ4n) is 3.44. The third kappa shape index (κ3) is 3.48. The van der Waals surface area contributed by atoms with Gasteiger partial charge in [-0.2, -0.15) is 4.98 Å². The summed E-state index contributed by atoms with van der Waals surface area (Å²) in [6, 6.07) is 12.1. The third-order valence-corrected chi connectivity index (χ3v) is 6.33. The standard InChI is InChI=1S/C20H18N4O6S/c1-23-17-7-4-12(24(25)26)10-14(17)15-11-13(5-8-18(15)23)31(27,28)22-16-6-9-19(29-2)21-20(16)30-3/h4-11,22H,1-3H3. The van der Waals surface area contributed by atoms with Crippen molar-refractivity contribution in [2.24, 2.45) is 7.05 Å². The Morgan fingerprint density at radius 2 is 1.68 bits per heavy atom. The quantitative estimate of drug-likeness (QED) is 0.358. The summed E-state index contributed by atoms with van der Waals surface area (Å²) in [4.78, 5) is 14.8. The van der Waals surface area contributed by atoms with Crippen LogP contribution in [0.15, 0.2) is 53.4 Å². The van der Waals surface area contributed by atoms with Gasteiger partial charge in [0.15, 0.2) is 0 Å². The van der Waals surface area contributed by atoms with Crippen molar-refractivity contribution in [3.05, 3.63) is 58.6 Å². The number of nitro benzene ring substituents is 1. The molecule has 0 saturated heterocycles. The van der Waals surface area contributed by atoms with E-state index in [-0.39, 0.29) is 28.0 Å². The van der Waals surface area contributed by atoms with Gasteiger partial charge in [-0.3, -0.25) is 14.8 Å². The molecule has 0 saturated carbocycles. The van der Waals surface area contributed by atoms with Crippen molar-refractivity contribution in [2.75, 3.05) is 18.9 Å². The fraction of sp³-hybridized carbons (Fsp3) is 0.150. The number of benzene rings is 2. The Labute approximate surface area is 177 Å². The number of non-ortho nitro benzene ring substituents is 1. The number of nitrogens with one attached hydrogen (secondary N) is 1. The summed E-state index contributed by atoms with van der Waals surface area (Å²) in [6.07, 6.45) is 0. The van der Waals surface area contributed by atoms with E-state index >= 15 is 0 Å². The van der Waals surface area contributed by atoms with Gasteiger partial charge in [0.1, 0.15) is 5.69 Å². The number of aryl methyl sites for hydroxylation is 1. The smallest absolute Gasteiger partial charge is 0.270 e. The van der Waals surface area contributed by atoms with Gasteiger partial charge in [-0.25, -0.2) is 8.42 Å². The first kappa shape index (κ1) is 20.4. The Balaban J connectivity index is 1.83. The van der Waals surface area contributed by atoms with Crippen LogP contribution in [-0.2, 0) is 17.1 Å². The van der Waals surface area contributed by atoms with Crippen molar-refractivity contribution in [2.45, 2.75) is 4.90 Å². The maximum atomic E-state index is 13.0. The lowest BCUT2D eigenvalue weighted by Gasteiger charge is -2.12. The molecule has 4 rings (SSSR count). The number of aromatic nitrogens is 2. The normalized spacial score (nSPS) is 11.6. The van der Waals surface area contributed by atoms with Crippen LogP contribution in [0.25, 0.3) is 21.8 Å². The number of sulfonamides is 1. The predicted octanol–water partition coefficient (Wildman–Crippen LogP) is 3.45. The fourth-order valence-corrected chi connectivity index (χ4v) is 4.52. The van der Waals surface area contributed by atoms with Gasteiger partial charge in [-0.15, -0.1) is 0 Å². The molecular weight excluding hydrogens is 424 g/mol. The van der Waals surface area contributed by atoms with E-state index < -0.39 is 14.9 Å². The monoisotopic (exact) mass is 442 g/mol. The van der Waals surface area contributed by atoms with E-state index in [2.05, 4.69) is 9.71 Å². The van der Waals surface area contributed by atoms with Gasteiger partial charge in [-0.1, -0.05) is 0 Å². The van der Waals surface area contributed by atoms with E-state index in [0.29, 0.717) is 10.8 Å². The van der Waals surface area contributed by atoms with Crippen LogP contribution in [0.5, 0.6) is 11.8 Å². The molecule has 0 aliphatic rings. The average molecular weight is 442 g/mol. The highest BCUT2D eigenvalue weighted by Gasteiger charge is 2.20. The number of ether oxygens (including phenoxy) is 2. The van der Waals surface area contributed by atoms with Gasteiger partial charge in [0.2, 0.25) is 11.8 Å². The van der Waals surface area contributed by atoms with Crippen molar-refractivity contribution < 1.29 is 22.8 Å². The number of rotatable bonds is 6. The highest BCUT2D eigenvalue weighted by molar-refractivity contribution is 7.92. The Kier molecular flexibility index (Phi) is 4.90. The molecule has 4 aromatic rings. The maximum Gasteiger partial charge on any atom is 0.270 e. The van der Waals surface area contributed by atoms with Crippen LogP contribution in [0.3, 0.4) is 0 Å². The highest BCUT2D eigenvalue weighted by Crippen LogP contribution is 2.33. The minimum absolute atomic E-state index is 0.00289. The van der Waals surface area contributed by atoms with Crippen molar-refractivity contribution in [1.82, 2.24) is 9.55 Å². The second-order valence-electron chi connectivity index (χ2n) is 6.71. The summed E-state index contributed by atoms with van der Waals surface area (Å²) in [5, 5.41) is 12.4. The SMILES string of the molecule is COc1ccc(NS(=O)(=O)c2ccc3c(c2)c2cc([N+](=O)[O-])ccc2n3C)c(OC)n1. The largest absolute Gasteiger partial charge is 0.481 e. The molecule has 11 heteroatoms. The van der Waals surface area contributed by atoms with Crippen LogP contribution in [-0.4, -0.2) is 37.1 Å². The predicted molar refractivity (Wildman–Crippen MR) is 115 cm³/mol. The lowest BCUT2D eigenvalue weighted by atomic mass is 10.1. The molecule has 0 atom stereocenters. The molecule has 0 spiro atoms. The minimum Gasteiger partial charge on any atom is -0.481 e. The van der Waals surface area contributed by atoms with Crippen molar-refractivity contribution in [3.63, 3.8) is 0 Å². The lowest BCUT2D eigenvalue weighted by Crippen LogP contribution is -2.14. The molecule has 160 valence electrons. The molecule has 0 unspecified atom stereocenters. The molecule has 0 amide bonds. The van der Waals surface area contributed by atoms with E-state index in [0.717, 1.165) is 11.0 Å². The number of pyridine rings is 1. The highest BCUT2D eigenvalue weighted by atomic mass is 32.2. The molecule has 10 nitrogen and oxygen atoms in total. The van der Waals surface area contributed by atoms with Gasteiger partial charge >= 0.3 is 0 Å². The summed E-state index contributed by atoms with van der Waals surface area (Å²) < 4.78 is 40.6. The molecule has 0 aliphatic heterocycles. The third-order valence-electron chi connectivity index (χ3n) is 4.96. The van der Waals surface area contributed by atoms with Gasteiger partial charge in [0.05, 0.1) is 24.0 Å². The first-order chi connectivity index (χ1) is 14.7. The Bertz CT molecular complexity index is 1450. The summed E-state index contributed by atoms with van der Waals surface area (Å²) in [7, 11) is 0.629. The number of methoxy groups -OCH3 is 2. The molecule has 31 heavy (non-hydrogen) atoms. The lowest BCUT2D eigenvalue weighted by molar-refractivity contribution is -0.384. The van der Waals surface area contributed by atoms with Crippen molar-refractivity contribution in [3.8, 4) is 11.8 Å². The van der Waals surface area contributed by atoms with E-state index in [9.17, 15) is 18.5 Å². The molecule has 1 N–H and O–H groups in total. The van der Waals surface area contributed by atoms with E-state index in [1.807, 2.05) is 11.6 Å². The number of anilines is 1. The number of hydrogen-bond donors (Lipinski definition) is 1. The molecule has 0 bridgehead atoms. The van der Waals surface area contributed by atoms with Crippen molar-refractivity contribution in [1.29, 1.82) is 0 Å². The van der Waals surface area contributed by atoms with Crippen LogP contribution in [0, 0.1) is 10.1 Å². The van der Waals surface area contributed by atoms with E-state index in [1.54, 1.807) is 12.1 Å². The second-order valence-corrected chi connectivity index (χ2v) is 8.39. The van der Waals surface area contributed by atoms with Crippen molar-refractivity contribution >= 4 is 43.2 Å². The molecule has 0 fully saturated rings. The van der Waals surface area contributed by atoms with Gasteiger partial charge in [-0.05, 0) is 30.3 Å². The molecule has 2 heterocycles. The summed E-state index contributed by atoms with van der Waals surface area (Å²) in [5.41, 5.74) is 1.58. The zero-order chi connectivity index (χ0) is 22.3.